The van der Waals surface area contributed by atoms with E-state index in [-0.39, 0.29) is 23.8 Å². The molecular formula is C23H26N4O2. The molecule has 6 heteroatoms. The number of piperidine rings is 1. The summed E-state index contributed by atoms with van der Waals surface area (Å²) in [7, 11) is 0. The van der Waals surface area contributed by atoms with Gasteiger partial charge in [-0.3, -0.25) is 9.59 Å². The number of fused-ring (bicyclic) bond motifs is 1. The van der Waals surface area contributed by atoms with Crippen LogP contribution in [0.15, 0.2) is 54.6 Å². The normalized spacial score (nSPS) is 16.0. The summed E-state index contributed by atoms with van der Waals surface area (Å²) in [6.45, 7) is 2.86. The number of hydrogen-bond acceptors (Lipinski definition) is 3. The molecule has 0 unspecified atom stereocenters. The first-order chi connectivity index (χ1) is 14.1. The topological polar surface area (TPSA) is 78.1 Å². The van der Waals surface area contributed by atoms with E-state index in [0.29, 0.717) is 32.4 Å². The van der Waals surface area contributed by atoms with Gasteiger partial charge in [-0.1, -0.05) is 42.5 Å². The Bertz CT molecular complexity index is 957. The molecule has 1 atom stereocenters. The standard InChI is InChI=1S/C23H26N4O2/c1-16(28)27-13-11-18(12-14-27)23(29)26-21(15-17-7-3-2-4-8-17)22-24-19-9-5-6-10-20(19)25-22/h2-10,18,21H,11-15H2,1H3,(H,24,25)(H,26,29)/t21-/m1/s1. The maximum absolute atomic E-state index is 13.0. The van der Waals surface area contributed by atoms with Crippen molar-refractivity contribution >= 4 is 22.8 Å². The predicted octanol–water partition coefficient (Wildman–Crippen LogP) is 3.22. The number of carbonyl (C=O) groups excluding carboxylic acids is 2. The number of carbonyl (C=O) groups is 2. The predicted molar refractivity (Wildman–Crippen MR) is 112 cm³/mol. The van der Waals surface area contributed by atoms with Gasteiger partial charge < -0.3 is 15.2 Å². The van der Waals surface area contributed by atoms with Crippen LogP contribution in [-0.2, 0) is 16.0 Å². The summed E-state index contributed by atoms with van der Waals surface area (Å²) in [5, 5.41) is 3.22. The smallest absolute Gasteiger partial charge is 0.223 e. The van der Waals surface area contributed by atoms with Gasteiger partial charge in [0.05, 0.1) is 17.1 Å². The van der Waals surface area contributed by atoms with Crippen LogP contribution in [0.25, 0.3) is 11.0 Å². The number of aromatic nitrogens is 2. The molecule has 2 aromatic carbocycles. The number of benzene rings is 2. The van der Waals surface area contributed by atoms with Crippen LogP contribution in [0.1, 0.15) is 37.2 Å². The van der Waals surface area contributed by atoms with Crippen LogP contribution in [0.3, 0.4) is 0 Å². The van der Waals surface area contributed by atoms with Gasteiger partial charge in [0.25, 0.3) is 0 Å². The molecule has 0 spiro atoms. The van der Waals surface area contributed by atoms with E-state index in [2.05, 4.69) is 22.4 Å². The van der Waals surface area contributed by atoms with Crippen LogP contribution >= 0.6 is 0 Å². The van der Waals surface area contributed by atoms with E-state index in [9.17, 15) is 9.59 Å². The molecule has 1 aromatic heterocycles. The highest BCUT2D eigenvalue weighted by Gasteiger charge is 2.28. The molecule has 0 radical (unpaired) electrons. The van der Waals surface area contributed by atoms with Gasteiger partial charge in [-0.05, 0) is 37.0 Å². The van der Waals surface area contributed by atoms with Crippen LogP contribution in [0.5, 0.6) is 0 Å². The Morgan fingerprint density at radius 1 is 1.10 bits per heavy atom. The molecule has 6 nitrogen and oxygen atoms in total. The quantitative estimate of drug-likeness (QED) is 0.702. The van der Waals surface area contributed by atoms with Gasteiger partial charge in [0.2, 0.25) is 11.8 Å². The lowest BCUT2D eigenvalue weighted by molar-refractivity contribution is -0.134. The van der Waals surface area contributed by atoms with Crippen molar-refractivity contribution in [2.45, 2.75) is 32.2 Å². The van der Waals surface area contributed by atoms with E-state index in [1.54, 1.807) is 6.92 Å². The van der Waals surface area contributed by atoms with Crippen molar-refractivity contribution in [2.24, 2.45) is 5.92 Å². The fourth-order valence-electron chi connectivity index (χ4n) is 3.95. The number of rotatable bonds is 5. The summed E-state index contributed by atoms with van der Waals surface area (Å²) in [6, 6.07) is 17.8. The zero-order valence-corrected chi connectivity index (χ0v) is 16.6. The third kappa shape index (κ3) is 4.47. The maximum atomic E-state index is 13.0. The minimum atomic E-state index is -0.233. The Labute approximate surface area is 170 Å². The number of nitrogens with zero attached hydrogens (tertiary/aromatic N) is 2. The molecule has 1 fully saturated rings. The molecule has 3 aromatic rings. The number of nitrogens with one attached hydrogen (secondary N) is 2. The Kier molecular flexibility index (Phi) is 5.60. The van der Waals surface area contributed by atoms with Crippen molar-refractivity contribution < 1.29 is 9.59 Å². The first-order valence-electron chi connectivity index (χ1n) is 10.1. The second-order valence-electron chi connectivity index (χ2n) is 7.67. The van der Waals surface area contributed by atoms with Gasteiger partial charge in [-0.2, -0.15) is 0 Å². The maximum Gasteiger partial charge on any atom is 0.223 e. The summed E-state index contributed by atoms with van der Waals surface area (Å²) < 4.78 is 0. The third-order valence-electron chi connectivity index (χ3n) is 5.65. The van der Waals surface area contributed by atoms with Crippen LogP contribution in [-0.4, -0.2) is 39.8 Å². The molecule has 0 aliphatic carbocycles. The second kappa shape index (κ2) is 8.47. The molecule has 1 aliphatic heterocycles. The van der Waals surface area contributed by atoms with Crippen molar-refractivity contribution in [2.75, 3.05) is 13.1 Å². The molecule has 1 saturated heterocycles. The van der Waals surface area contributed by atoms with Gasteiger partial charge in [-0.25, -0.2) is 4.98 Å². The van der Waals surface area contributed by atoms with E-state index >= 15 is 0 Å². The van der Waals surface area contributed by atoms with Crippen molar-refractivity contribution in [3.05, 3.63) is 66.0 Å². The van der Waals surface area contributed by atoms with Crippen molar-refractivity contribution in [3.8, 4) is 0 Å². The molecule has 2 amide bonds. The highest BCUT2D eigenvalue weighted by atomic mass is 16.2. The summed E-state index contributed by atoms with van der Waals surface area (Å²) in [6.07, 6.45) is 2.06. The average molecular weight is 390 g/mol. The van der Waals surface area contributed by atoms with Gasteiger partial charge in [0.1, 0.15) is 5.82 Å². The van der Waals surface area contributed by atoms with E-state index in [1.807, 2.05) is 47.4 Å². The Hall–Kier alpha value is -3.15. The van der Waals surface area contributed by atoms with Crippen molar-refractivity contribution in [1.29, 1.82) is 0 Å². The molecule has 2 N–H and O–H groups in total. The first-order valence-corrected chi connectivity index (χ1v) is 10.1. The van der Waals surface area contributed by atoms with Gasteiger partial charge >= 0.3 is 0 Å². The Balaban J connectivity index is 1.52. The highest BCUT2D eigenvalue weighted by Crippen LogP contribution is 2.23. The number of hydrogen-bond donors (Lipinski definition) is 2. The zero-order chi connectivity index (χ0) is 20.2. The molecule has 4 rings (SSSR count). The van der Waals surface area contributed by atoms with Gasteiger partial charge in [0, 0.05) is 25.9 Å². The molecule has 0 bridgehead atoms. The van der Waals surface area contributed by atoms with Crippen LogP contribution in [0.4, 0.5) is 0 Å². The SMILES string of the molecule is CC(=O)N1CCC(C(=O)N[C@H](Cc2ccccc2)c2nc3ccccc3[nH]2)CC1. The van der Waals surface area contributed by atoms with Gasteiger partial charge in [-0.15, -0.1) is 0 Å². The monoisotopic (exact) mass is 390 g/mol. The molecule has 0 saturated carbocycles. The second-order valence-corrected chi connectivity index (χ2v) is 7.67. The van der Waals surface area contributed by atoms with E-state index in [1.165, 1.54) is 0 Å². The number of para-hydroxylation sites is 2. The summed E-state index contributed by atoms with van der Waals surface area (Å²) in [5.41, 5.74) is 3.00. The number of amides is 2. The summed E-state index contributed by atoms with van der Waals surface area (Å²) >= 11 is 0. The van der Waals surface area contributed by atoms with Crippen LogP contribution in [0, 0.1) is 5.92 Å². The minimum Gasteiger partial charge on any atom is -0.346 e. The third-order valence-corrected chi connectivity index (χ3v) is 5.65. The fraction of sp³-hybridized carbons (Fsp3) is 0.348. The molecule has 29 heavy (non-hydrogen) atoms. The number of aromatic amines is 1. The summed E-state index contributed by atoms with van der Waals surface area (Å²) in [4.78, 5) is 34.4. The van der Waals surface area contributed by atoms with E-state index < -0.39 is 0 Å². The fourth-order valence-corrected chi connectivity index (χ4v) is 3.95. The highest BCUT2D eigenvalue weighted by molar-refractivity contribution is 5.80. The number of likely N-dealkylation sites (tertiary alicyclic amines) is 1. The average Bonchev–Trinajstić information content (AvgIpc) is 3.18. The van der Waals surface area contributed by atoms with E-state index in [0.717, 1.165) is 22.4 Å². The molecular weight excluding hydrogens is 364 g/mol. The first kappa shape index (κ1) is 19.2. The molecule has 1 aliphatic rings. The van der Waals surface area contributed by atoms with E-state index in [4.69, 9.17) is 4.98 Å². The number of H-pyrrole nitrogens is 1. The zero-order valence-electron chi connectivity index (χ0n) is 16.6. The van der Waals surface area contributed by atoms with Crippen LogP contribution in [0.2, 0.25) is 0 Å². The minimum absolute atomic E-state index is 0.0367. The lowest BCUT2D eigenvalue weighted by Crippen LogP contribution is -2.43. The molecule has 150 valence electrons. The van der Waals surface area contributed by atoms with Gasteiger partial charge in [0.15, 0.2) is 0 Å². The number of imidazole rings is 1. The molecule has 2 heterocycles. The van der Waals surface area contributed by atoms with Crippen molar-refractivity contribution in [3.63, 3.8) is 0 Å². The van der Waals surface area contributed by atoms with Crippen molar-refractivity contribution in [1.82, 2.24) is 20.2 Å². The lowest BCUT2D eigenvalue weighted by Gasteiger charge is -2.31. The Morgan fingerprint density at radius 2 is 1.79 bits per heavy atom. The lowest BCUT2D eigenvalue weighted by atomic mass is 9.95. The largest absolute Gasteiger partial charge is 0.346 e. The summed E-state index contributed by atoms with van der Waals surface area (Å²) in [5.74, 6) is 0.806. The Morgan fingerprint density at radius 3 is 2.48 bits per heavy atom. The van der Waals surface area contributed by atoms with Crippen LogP contribution < -0.4 is 5.32 Å².